The Morgan fingerprint density at radius 3 is 2.37 bits per heavy atom. The molecule has 0 heterocycles. The number of hydrogen-bond acceptors (Lipinski definition) is 6. The molecule has 0 aliphatic heterocycles. The minimum absolute atomic E-state index is 0.0552. The van der Waals surface area contributed by atoms with Gasteiger partial charge in [0.05, 0.1) is 5.56 Å². The number of allylic oxidation sites excluding steroid dienone is 2. The van der Waals surface area contributed by atoms with Gasteiger partial charge in [0, 0.05) is 23.6 Å². The van der Waals surface area contributed by atoms with Crippen molar-refractivity contribution in [2.75, 3.05) is 0 Å². The largest absolute Gasteiger partial charge is 0.508 e. The molecular weight excluding hydrogens is 348 g/mol. The lowest BCUT2D eigenvalue weighted by molar-refractivity contribution is -0.141. The number of fused-ring (bicyclic) bond motifs is 1. The number of aliphatic hydroxyl groups is 1. The van der Waals surface area contributed by atoms with E-state index in [1.807, 2.05) is 19.9 Å². The minimum Gasteiger partial charge on any atom is -0.508 e. The van der Waals surface area contributed by atoms with Crippen LogP contribution in [-0.2, 0) is 9.53 Å². The zero-order valence-corrected chi connectivity index (χ0v) is 15.8. The normalized spacial score (nSPS) is 16.7. The van der Waals surface area contributed by atoms with E-state index in [0.29, 0.717) is 0 Å². The molecule has 1 aliphatic rings. The Morgan fingerprint density at radius 1 is 1.15 bits per heavy atom. The molecule has 2 atom stereocenters. The standard InChI is InChI=1S/C21H24O6/c1-11(2)5-8-17(27-18(25)9-12(3)4)13-10-16(24)19-14(22)6-7-15(23)20(19)21(13)26/h5-7,9-10,16-17,22-24H,8H2,1-4H3/t16?,17-/m1/s1. The summed E-state index contributed by atoms with van der Waals surface area (Å²) in [7, 11) is 0. The van der Waals surface area contributed by atoms with Crippen LogP contribution in [0.15, 0.2) is 47.1 Å². The van der Waals surface area contributed by atoms with Crippen LogP contribution in [-0.4, -0.2) is 33.2 Å². The van der Waals surface area contributed by atoms with E-state index in [1.165, 1.54) is 24.3 Å². The average molecular weight is 372 g/mol. The third-order valence-corrected chi connectivity index (χ3v) is 4.07. The molecule has 2 rings (SSSR count). The summed E-state index contributed by atoms with van der Waals surface area (Å²) in [5, 5.41) is 30.4. The van der Waals surface area contributed by atoms with Gasteiger partial charge in [-0.25, -0.2) is 4.79 Å². The highest BCUT2D eigenvalue weighted by molar-refractivity contribution is 6.14. The molecule has 0 aromatic heterocycles. The molecule has 1 aliphatic carbocycles. The molecule has 1 aromatic rings. The number of Topliss-reactive ketones (excluding diaryl/α,β-unsaturated/α-hetero) is 1. The van der Waals surface area contributed by atoms with Crippen LogP contribution in [0.1, 0.15) is 56.1 Å². The summed E-state index contributed by atoms with van der Waals surface area (Å²) >= 11 is 0. The van der Waals surface area contributed by atoms with Crippen LogP contribution in [0, 0.1) is 0 Å². The Bertz CT molecular complexity index is 852. The maximum absolute atomic E-state index is 12.9. The number of ether oxygens (including phenoxy) is 1. The lowest BCUT2D eigenvalue weighted by Gasteiger charge is -2.26. The Kier molecular flexibility index (Phi) is 6.23. The summed E-state index contributed by atoms with van der Waals surface area (Å²) in [6, 6.07) is 2.39. The first kappa shape index (κ1) is 20.5. The third-order valence-electron chi connectivity index (χ3n) is 4.07. The van der Waals surface area contributed by atoms with Crippen LogP contribution < -0.4 is 0 Å². The van der Waals surface area contributed by atoms with E-state index in [-0.39, 0.29) is 34.6 Å². The van der Waals surface area contributed by atoms with Gasteiger partial charge in [-0.15, -0.1) is 0 Å². The van der Waals surface area contributed by atoms with Crippen LogP contribution in [0.5, 0.6) is 11.5 Å². The number of phenols is 2. The second kappa shape index (κ2) is 8.22. The van der Waals surface area contributed by atoms with Crippen molar-refractivity contribution in [3.8, 4) is 11.5 Å². The van der Waals surface area contributed by atoms with E-state index in [2.05, 4.69) is 0 Å². The van der Waals surface area contributed by atoms with Gasteiger partial charge in [-0.05, 0) is 45.9 Å². The number of carbonyl (C=O) groups is 2. The predicted octanol–water partition coefficient (Wildman–Crippen LogP) is 3.49. The fraction of sp³-hybridized carbons (Fsp3) is 0.333. The highest BCUT2D eigenvalue weighted by atomic mass is 16.5. The topological polar surface area (TPSA) is 104 Å². The van der Waals surface area contributed by atoms with Gasteiger partial charge < -0.3 is 20.1 Å². The quantitative estimate of drug-likeness (QED) is 0.316. The van der Waals surface area contributed by atoms with E-state index in [1.54, 1.807) is 13.8 Å². The van der Waals surface area contributed by atoms with Crippen LogP contribution in [0.3, 0.4) is 0 Å². The molecule has 0 fully saturated rings. The summed E-state index contributed by atoms with van der Waals surface area (Å²) in [4.78, 5) is 25.0. The molecule has 6 nitrogen and oxygen atoms in total. The van der Waals surface area contributed by atoms with E-state index in [0.717, 1.165) is 11.1 Å². The zero-order valence-electron chi connectivity index (χ0n) is 15.8. The maximum Gasteiger partial charge on any atom is 0.331 e. The number of phenolic OH excluding ortho intramolecular Hbond substituents is 2. The van der Waals surface area contributed by atoms with Crippen molar-refractivity contribution in [2.24, 2.45) is 0 Å². The van der Waals surface area contributed by atoms with Gasteiger partial charge in [0.1, 0.15) is 23.7 Å². The van der Waals surface area contributed by atoms with Gasteiger partial charge in [-0.3, -0.25) is 4.79 Å². The van der Waals surface area contributed by atoms with E-state index >= 15 is 0 Å². The van der Waals surface area contributed by atoms with Gasteiger partial charge in [-0.1, -0.05) is 17.2 Å². The molecule has 6 heteroatoms. The number of carbonyl (C=O) groups excluding carboxylic acids is 2. The smallest absolute Gasteiger partial charge is 0.331 e. The molecule has 0 saturated heterocycles. The molecule has 3 N–H and O–H groups in total. The Labute approximate surface area is 158 Å². The fourth-order valence-electron chi connectivity index (χ4n) is 2.85. The second-order valence-corrected chi connectivity index (χ2v) is 6.95. The molecule has 0 bridgehead atoms. The molecule has 144 valence electrons. The number of esters is 1. The van der Waals surface area contributed by atoms with Crippen molar-refractivity contribution in [3.05, 3.63) is 58.2 Å². The third kappa shape index (κ3) is 4.65. The number of hydrogen-bond donors (Lipinski definition) is 3. The van der Waals surface area contributed by atoms with Gasteiger partial charge in [0.15, 0.2) is 5.78 Å². The SMILES string of the molecule is CC(C)=CC[C@@H](OC(=O)C=C(C)C)C1=CC(O)c2c(O)ccc(O)c2C1=O. The molecule has 0 spiro atoms. The van der Waals surface area contributed by atoms with Gasteiger partial charge in [0.2, 0.25) is 0 Å². The fourth-order valence-corrected chi connectivity index (χ4v) is 2.85. The molecule has 0 amide bonds. The molecular formula is C21H24O6. The lowest BCUT2D eigenvalue weighted by atomic mass is 9.84. The predicted molar refractivity (Wildman–Crippen MR) is 101 cm³/mol. The number of ketones is 1. The molecule has 0 radical (unpaired) electrons. The lowest BCUT2D eigenvalue weighted by Crippen LogP contribution is -2.28. The maximum atomic E-state index is 12.9. The van der Waals surface area contributed by atoms with Gasteiger partial charge >= 0.3 is 5.97 Å². The number of rotatable bonds is 5. The molecule has 1 unspecified atom stereocenters. The van der Waals surface area contributed by atoms with Gasteiger partial charge in [0.25, 0.3) is 0 Å². The highest BCUT2D eigenvalue weighted by Gasteiger charge is 2.35. The van der Waals surface area contributed by atoms with E-state index < -0.39 is 24.0 Å². The summed E-state index contributed by atoms with van der Waals surface area (Å²) in [6.07, 6.45) is 2.39. The van der Waals surface area contributed by atoms with Crippen LogP contribution in [0.2, 0.25) is 0 Å². The Morgan fingerprint density at radius 2 is 1.78 bits per heavy atom. The van der Waals surface area contributed by atoms with Crippen molar-refractivity contribution in [2.45, 2.75) is 46.3 Å². The second-order valence-electron chi connectivity index (χ2n) is 6.95. The van der Waals surface area contributed by atoms with Crippen LogP contribution in [0.4, 0.5) is 0 Å². The van der Waals surface area contributed by atoms with Crippen molar-refractivity contribution in [3.63, 3.8) is 0 Å². The van der Waals surface area contributed by atoms with E-state index in [4.69, 9.17) is 4.74 Å². The van der Waals surface area contributed by atoms with Gasteiger partial charge in [-0.2, -0.15) is 0 Å². The zero-order chi connectivity index (χ0) is 20.3. The Hall–Kier alpha value is -2.86. The summed E-state index contributed by atoms with van der Waals surface area (Å²) in [6.45, 7) is 7.25. The summed E-state index contributed by atoms with van der Waals surface area (Å²) in [5.41, 5.74) is 1.55. The van der Waals surface area contributed by atoms with E-state index in [9.17, 15) is 24.9 Å². The summed E-state index contributed by atoms with van der Waals surface area (Å²) in [5.74, 6) is -1.84. The van der Waals surface area contributed by atoms with Crippen molar-refractivity contribution in [1.82, 2.24) is 0 Å². The first-order valence-corrected chi connectivity index (χ1v) is 8.60. The highest BCUT2D eigenvalue weighted by Crippen LogP contribution is 2.40. The Balaban J connectivity index is 2.47. The molecule has 27 heavy (non-hydrogen) atoms. The van der Waals surface area contributed by atoms with Crippen LogP contribution in [0.25, 0.3) is 0 Å². The van der Waals surface area contributed by atoms with Crippen LogP contribution >= 0.6 is 0 Å². The first-order valence-electron chi connectivity index (χ1n) is 8.60. The number of aromatic hydroxyl groups is 2. The van der Waals surface area contributed by atoms with Crippen molar-refractivity contribution in [1.29, 1.82) is 0 Å². The molecule has 1 aromatic carbocycles. The monoisotopic (exact) mass is 372 g/mol. The number of benzene rings is 1. The average Bonchev–Trinajstić information content (AvgIpc) is 2.56. The minimum atomic E-state index is -1.31. The van der Waals surface area contributed by atoms with Crippen molar-refractivity contribution >= 4 is 11.8 Å². The van der Waals surface area contributed by atoms with Crippen molar-refractivity contribution < 1.29 is 29.6 Å². The summed E-state index contributed by atoms with van der Waals surface area (Å²) < 4.78 is 5.45. The first-order chi connectivity index (χ1) is 12.6. The number of aliphatic hydroxyl groups excluding tert-OH is 1. The molecule has 0 saturated carbocycles.